The lowest BCUT2D eigenvalue weighted by molar-refractivity contribution is 0.0697. The molecular formula is C13H11NO2S. The van der Waals surface area contributed by atoms with Gasteiger partial charge < -0.3 is 5.11 Å². The van der Waals surface area contributed by atoms with Crippen molar-refractivity contribution in [2.24, 2.45) is 0 Å². The lowest BCUT2D eigenvalue weighted by Crippen LogP contribution is -1.94. The van der Waals surface area contributed by atoms with E-state index in [-0.39, 0.29) is 0 Å². The molecule has 0 bridgehead atoms. The van der Waals surface area contributed by atoms with Gasteiger partial charge in [-0.25, -0.2) is 9.78 Å². The van der Waals surface area contributed by atoms with E-state index in [1.54, 1.807) is 24.3 Å². The van der Waals surface area contributed by atoms with Crippen LogP contribution < -0.4 is 0 Å². The van der Waals surface area contributed by atoms with Crippen molar-refractivity contribution in [2.45, 2.75) is 16.8 Å². The van der Waals surface area contributed by atoms with Crippen LogP contribution in [0, 0.1) is 6.92 Å². The summed E-state index contributed by atoms with van der Waals surface area (Å²) in [6.45, 7) is 1.94. The highest BCUT2D eigenvalue weighted by Gasteiger charge is 2.03. The third-order valence-electron chi connectivity index (χ3n) is 2.19. The Balaban J connectivity index is 2.16. The number of aromatic carboxylic acids is 1. The Morgan fingerprint density at radius 3 is 2.47 bits per heavy atom. The smallest absolute Gasteiger partial charge is 0.335 e. The number of pyridine rings is 1. The predicted octanol–water partition coefficient (Wildman–Crippen LogP) is 3.24. The molecule has 0 aliphatic carbocycles. The molecule has 0 radical (unpaired) electrons. The van der Waals surface area contributed by atoms with Crippen molar-refractivity contribution in [3.63, 3.8) is 0 Å². The van der Waals surface area contributed by atoms with Gasteiger partial charge in [-0.05, 0) is 43.3 Å². The maximum Gasteiger partial charge on any atom is 0.335 e. The van der Waals surface area contributed by atoms with Gasteiger partial charge in [-0.2, -0.15) is 0 Å². The van der Waals surface area contributed by atoms with Crippen molar-refractivity contribution in [1.29, 1.82) is 0 Å². The summed E-state index contributed by atoms with van der Waals surface area (Å²) in [5.74, 6) is -0.907. The zero-order valence-electron chi connectivity index (χ0n) is 9.25. The fraction of sp³-hybridized carbons (Fsp3) is 0.0769. The summed E-state index contributed by atoms with van der Waals surface area (Å²) in [7, 11) is 0. The first kappa shape index (κ1) is 11.7. The van der Waals surface area contributed by atoms with E-state index in [4.69, 9.17) is 5.11 Å². The van der Waals surface area contributed by atoms with Crippen LogP contribution in [0.1, 0.15) is 16.1 Å². The van der Waals surface area contributed by atoms with E-state index >= 15 is 0 Å². The number of carboxylic acid groups (broad SMARTS) is 1. The van der Waals surface area contributed by atoms with Crippen LogP contribution in [0.4, 0.5) is 0 Å². The van der Waals surface area contributed by atoms with Crippen LogP contribution in [0.2, 0.25) is 0 Å². The monoisotopic (exact) mass is 245 g/mol. The van der Waals surface area contributed by atoms with Crippen LogP contribution in [0.25, 0.3) is 0 Å². The molecule has 17 heavy (non-hydrogen) atoms. The summed E-state index contributed by atoms with van der Waals surface area (Å²) in [5, 5.41) is 9.69. The standard InChI is InChI=1S/C13H11NO2S/c1-9-3-2-4-12(14-9)17-11-7-5-10(6-8-11)13(15)16/h2-8H,1H3,(H,15,16). The largest absolute Gasteiger partial charge is 0.478 e. The minimum atomic E-state index is -0.907. The van der Waals surface area contributed by atoms with Crippen molar-refractivity contribution in [1.82, 2.24) is 4.98 Å². The van der Waals surface area contributed by atoms with Crippen LogP contribution in [0.5, 0.6) is 0 Å². The molecule has 0 aliphatic heterocycles. The van der Waals surface area contributed by atoms with Crippen molar-refractivity contribution in [3.05, 3.63) is 53.7 Å². The fourth-order valence-electron chi connectivity index (χ4n) is 1.36. The molecule has 86 valence electrons. The van der Waals surface area contributed by atoms with Gasteiger partial charge in [0.05, 0.1) is 5.56 Å². The van der Waals surface area contributed by atoms with Crippen LogP contribution in [0.15, 0.2) is 52.4 Å². The molecule has 1 aromatic carbocycles. The molecule has 1 N–H and O–H groups in total. The zero-order chi connectivity index (χ0) is 12.3. The third-order valence-corrected chi connectivity index (χ3v) is 3.13. The van der Waals surface area contributed by atoms with E-state index in [1.165, 1.54) is 11.8 Å². The van der Waals surface area contributed by atoms with E-state index in [9.17, 15) is 4.79 Å². The summed E-state index contributed by atoms with van der Waals surface area (Å²) < 4.78 is 0. The predicted molar refractivity (Wildman–Crippen MR) is 66.5 cm³/mol. The van der Waals surface area contributed by atoms with Crippen molar-refractivity contribution < 1.29 is 9.90 Å². The second kappa shape index (κ2) is 5.01. The molecule has 2 aromatic rings. The molecular weight excluding hydrogens is 234 g/mol. The molecule has 0 atom stereocenters. The first-order valence-electron chi connectivity index (χ1n) is 5.10. The third kappa shape index (κ3) is 3.07. The Morgan fingerprint density at radius 2 is 1.88 bits per heavy atom. The van der Waals surface area contributed by atoms with Gasteiger partial charge in [0.15, 0.2) is 0 Å². The Hall–Kier alpha value is -1.81. The SMILES string of the molecule is Cc1cccc(Sc2ccc(C(=O)O)cc2)n1. The fourth-order valence-corrected chi connectivity index (χ4v) is 2.21. The number of carboxylic acids is 1. The molecule has 0 amide bonds. The average molecular weight is 245 g/mol. The molecule has 0 unspecified atom stereocenters. The minimum absolute atomic E-state index is 0.298. The van der Waals surface area contributed by atoms with Gasteiger partial charge in [-0.1, -0.05) is 17.8 Å². The summed E-state index contributed by atoms with van der Waals surface area (Å²) in [4.78, 5) is 16.0. The molecule has 1 aromatic heterocycles. The molecule has 1 heterocycles. The number of nitrogens with zero attached hydrogens (tertiary/aromatic N) is 1. The second-order valence-electron chi connectivity index (χ2n) is 3.55. The van der Waals surface area contributed by atoms with Gasteiger partial charge in [-0.15, -0.1) is 0 Å². The van der Waals surface area contributed by atoms with Gasteiger partial charge in [0.25, 0.3) is 0 Å². The maximum absolute atomic E-state index is 10.7. The highest BCUT2D eigenvalue weighted by Crippen LogP contribution is 2.26. The van der Waals surface area contributed by atoms with E-state index in [0.717, 1.165) is 15.6 Å². The lowest BCUT2D eigenvalue weighted by Gasteiger charge is -2.02. The summed E-state index contributed by atoms with van der Waals surface area (Å²) in [6.07, 6.45) is 0. The lowest BCUT2D eigenvalue weighted by atomic mass is 10.2. The van der Waals surface area contributed by atoms with Gasteiger partial charge in [0.2, 0.25) is 0 Å². The van der Waals surface area contributed by atoms with Crippen molar-refractivity contribution >= 4 is 17.7 Å². The second-order valence-corrected chi connectivity index (χ2v) is 4.64. The molecule has 0 aliphatic rings. The van der Waals surface area contributed by atoms with Crippen LogP contribution >= 0.6 is 11.8 Å². The number of hydrogen-bond donors (Lipinski definition) is 1. The van der Waals surface area contributed by atoms with E-state index in [0.29, 0.717) is 5.56 Å². The molecule has 4 heteroatoms. The van der Waals surface area contributed by atoms with Crippen molar-refractivity contribution in [3.8, 4) is 0 Å². The topological polar surface area (TPSA) is 50.2 Å². The number of carbonyl (C=O) groups is 1. The first-order chi connectivity index (χ1) is 8.15. The first-order valence-corrected chi connectivity index (χ1v) is 5.92. The molecule has 0 saturated carbocycles. The molecule has 0 spiro atoms. The molecule has 3 nitrogen and oxygen atoms in total. The van der Waals surface area contributed by atoms with Crippen LogP contribution in [0.3, 0.4) is 0 Å². The maximum atomic E-state index is 10.7. The Labute approximate surface area is 104 Å². The molecule has 2 rings (SSSR count). The van der Waals surface area contributed by atoms with Gasteiger partial charge >= 0.3 is 5.97 Å². The van der Waals surface area contributed by atoms with Gasteiger partial charge in [0.1, 0.15) is 5.03 Å². The number of benzene rings is 1. The molecule has 0 fully saturated rings. The van der Waals surface area contributed by atoms with Crippen molar-refractivity contribution in [2.75, 3.05) is 0 Å². The Bertz CT molecular complexity index is 537. The summed E-state index contributed by atoms with van der Waals surface area (Å²) >= 11 is 1.52. The number of aryl methyl sites for hydroxylation is 1. The number of rotatable bonds is 3. The van der Waals surface area contributed by atoms with E-state index in [1.807, 2.05) is 25.1 Å². The van der Waals surface area contributed by atoms with Crippen LogP contribution in [-0.4, -0.2) is 16.1 Å². The quantitative estimate of drug-likeness (QED) is 0.901. The molecule has 0 saturated heterocycles. The number of aromatic nitrogens is 1. The Kier molecular flexibility index (Phi) is 3.44. The zero-order valence-corrected chi connectivity index (χ0v) is 10.1. The highest BCUT2D eigenvalue weighted by molar-refractivity contribution is 7.99. The minimum Gasteiger partial charge on any atom is -0.478 e. The highest BCUT2D eigenvalue weighted by atomic mass is 32.2. The van der Waals surface area contributed by atoms with E-state index in [2.05, 4.69) is 4.98 Å². The normalized spacial score (nSPS) is 10.2. The number of hydrogen-bond acceptors (Lipinski definition) is 3. The summed E-state index contributed by atoms with van der Waals surface area (Å²) in [6, 6.07) is 12.6. The Morgan fingerprint density at radius 1 is 1.18 bits per heavy atom. The average Bonchev–Trinajstić information content (AvgIpc) is 2.29. The van der Waals surface area contributed by atoms with Gasteiger partial charge in [-0.3, -0.25) is 0 Å². The van der Waals surface area contributed by atoms with Crippen LogP contribution in [-0.2, 0) is 0 Å². The van der Waals surface area contributed by atoms with E-state index < -0.39 is 5.97 Å². The van der Waals surface area contributed by atoms with Gasteiger partial charge in [0, 0.05) is 10.6 Å². The summed E-state index contributed by atoms with van der Waals surface area (Å²) in [5.41, 5.74) is 1.27.